The Morgan fingerprint density at radius 2 is 1.94 bits per heavy atom. The van der Waals surface area contributed by atoms with E-state index in [0.717, 1.165) is 18.4 Å². The first-order valence-electron chi connectivity index (χ1n) is 5.56. The maximum Gasteiger partial charge on any atom is 0.277 e. The Morgan fingerprint density at radius 1 is 1.29 bits per heavy atom. The first-order chi connectivity index (χ1) is 8.11. The highest BCUT2D eigenvalue weighted by atomic mass is 32.2. The summed E-state index contributed by atoms with van der Waals surface area (Å²) in [5.74, 6) is 0. The Morgan fingerprint density at radius 3 is 2.47 bits per heavy atom. The number of rotatable bonds is 6. The lowest BCUT2D eigenvalue weighted by molar-refractivity contribution is 0.258. The lowest BCUT2D eigenvalue weighted by Crippen LogP contribution is -2.40. The molecule has 1 aromatic carbocycles. The third kappa shape index (κ3) is 3.78. The van der Waals surface area contributed by atoms with E-state index in [-0.39, 0.29) is 12.6 Å². The van der Waals surface area contributed by atoms with Crippen LogP contribution in [0.25, 0.3) is 0 Å². The van der Waals surface area contributed by atoms with Gasteiger partial charge in [0.25, 0.3) is 10.2 Å². The SMILES string of the molecule is O=S(=O)(NC1CC1)NC(CO)c1ccccc1. The molecule has 3 N–H and O–H groups in total. The van der Waals surface area contributed by atoms with Gasteiger partial charge >= 0.3 is 0 Å². The number of aliphatic hydroxyl groups is 1. The van der Waals surface area contributed by atoms with E-state index in [1.165, 1.54) is 0 Å². The monoisotopic (exact) mass is 256 g/mol. The molecule has 0 aromatic heterocycles. The van der Waals surface area contributed by atoms with Crippen LogP contribution in [0.2, 0.25) is 0 Å². The van der Waals surface area contributed by atoms with E-state index in [1.807, 2.05) is 6.07 Å². The van der Waals surface area contributed by atoms with Crippen LogP contribution in [0, 0.1) is 0 Å². The van der Waals surface area contributed by atoms with Crippen molar-refractivity contribution in [2.24, 2.45) is 0 Å². The van der Waals surface area contributed by atoms with Gasteiger partial charge in [0.1, 0.15) is 0 Å². The Balaban J connectivity index is 2.04. The predicted molar refractivity (Wildman–Crippen MR) is 64.5 cm³/mol. The number of benzene rings is 1. The topological polar surface area (TPSA) is 78.4 Å². The normalized spacial score (nSPS) is 17.9. The van der Waals surface area contributed by atoms with Crippen LogP contribution >= 0.6 is 0 Å². The second-order valence-electron chi connectivity index (χ2n) is 4.16. The molecule has 1 saturated carbocycles. The summed E-state index contributed by atoms with van der Waals surface area (Å²) in [6, 6.07) is 8.46. The molecule has 1 aromatic rings. The van der Waals surface area contributed by atoms with Gasteiger partial charge in [0.2, 0.25) is 0 Å². The third-order valence-corrected chi connectivity index (χ3v) is 3.82. The van der Waals surface area contributed by atoms with E-state index >= 15 is 0 Å². The molecule has 0 saturated heterocycles. The molecule has 1 unspecified atom stereocenters. The van der Waals surface area contributed by atoms with Crippen LogP contribution in [0.15, 0.2) is 30.3 Å². The van der Waals surface area contributed by atoms with Crippen molar-refractivity contribution in [3.05, 3.63) is 35.9 Å². The molecule has 0 amide bonds. The van der Waals surface area contributed by atoms with Gasteiger partial charge in [-0.3, -0.25) is 0 Å². The van der Waals surface area contributed by atoms with Crippen molar-refractivity contribution >= 4 is 10.2 Å². The predicted octanol–water partition coefficient (Wildman–Crippen LogP) is 0.306. The average molecular weight is 256 g/mol. The fraction of sp³-hybridized carbons (Fsp3) is 0.455. The van der Waals surface area contributed by atoms with Crippen molar-refractivity contribution in [2.45, 2.75) is 24.9 Å². The zero-order chi connectivity index (χ0) is 12.3. The van der Waals surface area contributed by atoms with Gasteiger partial charge in [-0.1, -0.05) is 30.3 Å². The van der Waals surface area contributed by atoms with Crippen molar-refractivity contribution in [3.63, 3.8) is 0 Å². The fourth-order valence-corrected chi connectivity index (χ4v) is 2.87. The molecule has 1 fully saturated rings. The van der Waals surface area contributed by atoms with Crippen LogP contribution in [-0.2, 0) is 10.2 Å². The summed E-state index contributed by atoms with van der Waals surface area (Å²) in [6.07, 6.45) is 1.77. The van der Waals surface area contributed by atoms with E-state index < -0.39 is 16.3 Å². The van der Waals surface area contributed by atoms with Crippen molar-refractivity contribution in [1.29, 1.82) is 0 Å². The minimum Gasteiger partial charge on any atom is -0.394 e. The molecule has 0 spiro atoms. The number of hydrogen-bond acceptors (Lipinski definition) is 3. The lowest BCUT2D eigenvalue weighted by Gasteiger charge is -2.17. The van der Waals surface area contributed by atoms with Crippen LogP contribution < -0.4 is 9.44 Å². The molecule has 94 valence electrons. The highest BCUT2D eigenvalue weighted by Gasteiger charge is 2.28. The maximum absolute atomic E-state index is 11.7. The first kappa shape index (κ1) is 12.5. The van der Waals surface area contributed by atoms with Gasteiger partial charge in [-0.2, -0.15) is 17.9 Å². The molecule has 6 heteroatoms. The smallest absolute Gasteiger partial charge is 0.277 e. The molecule has 5 nitrogen and oxygen atoms in total. The maximum atomic E-state index is 11.7. The lowest BCUT2D eigenvalue weighted by atomic mass is 10.1. The van der Waals surface area contributed by atoms with Crippen molar-refractivity contribution in [1.82, 2.24) is 9.44 Å². The molecule has 2 rings (SSSR count). The Kier molecular flexibility index (Phi) is 3.78. The van der Waals surface area contributed by atoms with E-state index in [1.54, 1.807) is 24.3 Å². The summed E-state index contributed by atoms with van der Waals surface area (Å²) in [5, 5.41) is 9.24. The fourth-order valence-electron chi connectivity index (χ4n) is 1.54. The van der Waals surface area contributed by atoms with E-state index in [4.69, 9.17) is 0 Å². The second-order valence-corrected chi connectivity index (χ2v) is 5.64. The first-order valence-corrected chi connectivity index (χ1v) is 7.04. The molecule has 17 heavy (non-hydrogen) atoms. The zero-order valence-corrected chi connectivity index (χ0v) is 10.2. The number of nitrogens with one attached hydrogen (secondary N) is 2. The quantitative estimate of drug-likeness (QED) is 0.685. The zero-order valence-electron chi connectivity index (χ0n) is 9.33. The van der Waals surface area contributed by atoms with Gasteiger partial charge in [-0.25, -0.2) is 0 Å². The molecule has 1 aliphatic rings. The summed E-state index contributed by atoms with van der Waals surface area (Å²) >= 11 is 0. The van der Waals surface area contributed by atoms with Gasteiger partial charge in [-0.15, -0.1) is 0 Å². The van der Waals surface area contributed by atoms with Gasteiger partial charge in [-0.05, 0) is 18.4 Å². The van der Waals surface area contributed by atoms with Crippen LogP contribution in [0.3, 0.4) is 0 Å². The van der Waals surface area contributed by atoms with Crippen LogP contribution in [0.5, 0.6) is 0 Å². The number of aliphatic hydroxyl groups excluding tert-OH is 1. The molecule has 0 heterocycles. The standard InChI is InChI=1S/C11H16N2O3S/c14-8-11(9-4-2-1-3-5-9)13-17(15,16)12-10-6-7-10/h1-5,10-14H,6-8H2. The minimum atomic E-state index is -3.54. The van der Waals surface area contributed by atoms with E-state index in [0.29, 0.717) is 0 Å². The van der Waals surface area contributed by atoms with E-state index in [9.17, 15) is 13.5 Å². The summed E-state index contributed by atoms with van der Waals surface area (Å²) in [4.78, 5) is 0. The Labute approximate surface area is 101 Å². The Bertz CT molecular complexity index is 457. The largest absolute Gasteiger partial charge is 0.394 e. The highest BCUT2D eigenvalue weighted by Crippen LogP contribution is 2.20. The molecule has 1 atom stereocenters. The average Bonchev–Trinajstić information content (AvgIpc) is 3.10. The van der Waals surface area contributed by atoms with Crippen LogP contribution in [0.4, 0.5) is 0 Å². The van der Waals surface area contributed by atoms with Gasteiger partial charge in [0, 0.05) is 6.04 Å². The highest BCUT2D eigenvalue weighted by molar-refractivity contribution is 7.87. The summed E-state index contributed by atoms with van der Waals surface area (Å²) in [7, 11) is -3.54. The summed E-state index contributed by atoms with van der Waals surface area (Å²) in [6.45, 7) is -0.268. The van der Waals surface area contributed by atoms with E-state index in [2.05, 4.69) is 9.44 Å². The van der Waals surface area contributed by atoms with Crippen LogP contribution in [-0.4, -0.2) is 26.2 Å². The van der Waals surface area contributed by atoms with Crippen molar-refractivity contribution < 1.29 is 13.5 Å². The third-order valence-electron chi connectivity index (χ3n) is 2.58. The molecule has 0 radical (unpaired) electrons. The molecule has 1 aliphatic carbocycles. The van der Waals surface area contributed by atoms with Gasteiger partial charge < -0.3 is 5.11 Å². The molecule has 0 aliphatic heterocycles. The van der Waals surface area contributed by atoms with Crippen molar-refractivity contribution in [2.75, 3.05) is 6.61 Å². The molecular formula is C11H16N2O3S. The van der Waals surface area contributed by atoms with Gasteiger partial charge in [0.05, 0.1) is 12.6 Å². The number of hydrogen-bond donors (Lipinski definition) is 3. The summed E-state index contributed by atoms with van der Waals surface area (Å²) < 4.78 is 28.3. The van der Waals surface area contributed by atoms with Crippen molar-refractivity contribution in [3.8, 4) is 0 Å². The second kappa shape index (κ2) is 5.14. The minimum absolute atomic E-state index is 0.0580. The Hall–Kier alpha value is -0.950. The molecule has 0 bridgehead atoms. The summed E-state index contributed by atoms with van der Waals surface area (Å²) in [5.41, 5.74) is 0.746. The van der Waals surface area contributed by atoms with Gasteiger partial charge in [0.15, 0.2) is 0 Å². The van der Waals surface area contributed by atoms with Crippen LogP contribution in [0.1, 0.15) is 24.4 Å². The molecular weight excluding hydrogens is 240 g/mol.